The molecule has 0 spiro atoms. The Hall–Kier alpha value is -12.2. The van der Waals surface area contributed by atoms with Crippen LogP contribution in [0.2, 0.25) is 5.04 Å². The van der Waals surface area contributed by atoms with Crippen LogP contribution in [0, 0.1) is 68.0 Å². The summed E-state index contributed by atoms with van der Waals surface area (Å²) in [6.45, 7) is 18.1. The molecule has 2 aromatic heterocycles. The highest BCUT2D eigenvalue weighted by Crippen LogP contribution is 2.49. The highest BCUT2D eigenvalue weighted by molar-refractivity contribution is 7.14. The molecule has 2 unspecified atom stereocenters. The molecule has 2 atom stereocenters. The maximum Gasteiger partial charge on any atom is 0.319 e. The molecule has 7 aromatic carbocycles. The van der Waals surface area contributed by atoms with Crippen LogP contribution in [0.25, 0.3) is 36.5 Å². The molecule has 14 nitrogen and oxygen atoms in total. The van der Waals surface area contributed by atoms with E-state index >= 15 is 0 Å². The van der Waals surface area contributed by atoms with Crippen LogP contribution in [0.4, 0.5) is 15.1 Å². The van der Waals surface area contributed by atoms with E-state index in [1.807, 2.05) is 208 Å². The van der Waals surface area contributed by atoms with Gasteiger partial charge in [-0.05, 0) is 150 Å². The first-order valence-corrected chi connectivity index (χ1v) is 40.0. The molecule has 2 aliphatic heterocycles. The van der Waals surface area contributed by atoms with Gasteiger partial charge in [0.05, 0.1) is 6.73 Å². The van der Waals surface area contributed by atoms with Crippen LogP contribution in [0.15, 0.2) is 269 Å². The van der Waals surface area contributed by atoms with E-state index in [1.54, 1.807) is 22.7 Å². The van der Waals surface area contributed by atoms with E-state index in [2.05, 4.69) is 158 Å². The van der Waals surface area contributed by atoms with Gasteiger partial charge in [0.25, 0.3) is 2.90 Å². The number of aliphatic hydroxyl groups excluding tert-OH is 2. The van der Waals surface area contributed by atoms with Gasteiger partial charge in [0.15, 0.2) is 33.9 Å². The zero-order valence-corrected chi connectivity index (χ0v) is 67.0. The molecule has 578 valence electrons. The number of allylic oxidation sites excluding steroid dienone is 4. The van der Waals surface area contributed by atoms with Crippen LogP contribution in [0.3, 0.4) is 0 Å². The predicted octanol–water partition coefficient (Wildman–Crippen LogP) is 20.9. The highest BCUT2D eigenvalue weighted by atomic mass is 32.1. The van der Waals surface area contributed by atoms with Crippen LogP contribution in [0.5, 0.6) is 11.5 Å². The Balaban J connectivity index is 0.000000343. The Morgan fingerprint density at radius 2 is 0.912 bits per heavy atom. The second-order valence-corrected chi connectivity index (χ2v) is 34.0. The van der Waals surface area contributed by atoms with Gasteiger partial charge in [-0.2, -0.15) is 31.6 Å². The fourth-order valence-electron chi connectivity index (χ4n) is 13.2. The molecule has 4 heterocycles. The van der Waals surface area contributed by atoms with Crippen molar-refractivity contribution < 1.29 is 38.3 Å². The number of hydrogen-bond acceptors (Lipinski definition) is 16. The average Bonchev–Trinajstić information content (AvgIpc) is 1.49. The molecule has 2 N–H and O–H groups in total. The Labute approximate surface area is 677 Å². The first-order chi connectivity index (χ1) is 55.4. The zero-order chi connectivity index (χ0) is 82.7. The smallest absolute Gasteiger partial charge is 0.319 e. The molecular weight excluding hydrogens is 1470 g/mol. The molecule has 0 radical (unpaired) electrons. The van der Waals surface area contributed by atoms with E-state index < -0.39 is 19.5 Å². The molecule has 113 heavy (non-hydrogen) atoms. The van der Waals surface area contributed by atoms with Crippen LogP contribution in [-0.2, 0) is 33.8 Å². The van der Waals surface area contributed by atoms with Crippen molar-refractivity contribution in [2.45, 2.75) is 111 Å². The number of nitriles is 6. The number of benzene rings is 7. The third-order valence-corrected chi connectivity index (χ3v) is 26.0. The maximum atomic E-state index is 10.3. The van der Waals surface area contributed by atoms with E-state index in [-0.39, 0.29) is 53.0 Å². The largest absolute Gasteiger partial charge is 0.534 e. The molecule has 0 aliphatic carbocycles. The number of aliphatic hydroxyl groups is 2. The van der Waals surface area contributed by atoms with Gasteiger partial charge in [-0.15, -0.1) is 22.7 Å². The normalized spacial score (nSPS) is 15.1. The standard InChI is InChI=1S/C53H54N4O2SSi.C39H32N4O3S.CH4O.CH4.2FH/c1-7-9-34-57(35-10-8-2)43-28-26-40(50(36-43)59-61(52(3,4)5,46-22-16-12-17-23-46)47-24-18-13-19-25-47)27-29-44-30-31-45(60-44)32-33-49-48(39-56)51(41(37-54)38-55)58-53(49,6)42-20-14-11-15-21-42;1-39(32-11-7-4-8-12-32)36(35(24-42)38(46-39)31(22-40)23-41)20-19-34-18-17-33(47-34)16-15-30-14-13-29(25-43(2)27-44)21-37(30)45-26-28-9-5-3-6-10-28;1-2;;;/h11-33,36H,7-10,34-35H2,1-6H3;3-21,44H,25-27H2,1-2H3;2H,1H3;1H4;2*1H/b29-27+,33-32+;16-15+,20-19+;;;;/i/hT2. The third-order valence-electron chi connectivity index (χ3n) is 19.0. The predicted molar refractivity (Wildman–Crippen MR) is 458 cm³/mol. The fourth-order valence-corrected chi connectivity index (χ4v) is 19.3. The van der Waals surface area contributed by atoms with E-state index in [9.17, 15) is 36.7 Å². The lowest BCUT2D eigenvalue weighted by atomic mass is 9.86. The molecule has 0 amide bonds. The van der Waals surface area contributed by atoms with Gasteiger partial charge in [0.2, 0.25) is 0 Å². The van der Waals surface area contributed by atoms with Crippen molar-refractivity contribution in [1.29, 1.82) is 34.5 Å². The highest BCUT2D eigenvalue weighted by Gasteiger charge is 2.53. The van der Waals surface area contributed by atoms with Crippen molar-refractivity contribution in [2.75, 3.05) is 38.9 Å². The van der Waals surface area contributed by atoms with E-state index in [0.717, 1.165) is 110 Å². The Morgan fingerprint density at radius 1 is 0.522 bits per heavy atom. The summed E-state index contributed by atoms with van der Waals surface area (Å²) in [4.78, 5) is 8.31. The summed E-state index contributed by atoms with van der Waals surface area (Å²) in [6, 6.07) is 83.5. The third kappa shape index (κ3) is 21.5. The number of ether oxygens (including phenoxy) is 3. The van der Waals surface area contributed by atoms with Crippen molar-refractivity contribution in [3.63, 3.8) is 0 Å². The molecule has 11 rings (SSSR count). The first-order valence-electron chi connectivity index (χ1n) is 37.2. The topological polar surface area (TPSA) is 227 Å². The molecule has 0 saturated heterocycles. The van der Waals surface area contributed by atoms with Crippen molar-refractivity contribution in [1.82, 2.24) is 4.90 Å². The van der Waals surface area contributed by atoms with E-state index in [1.165, 1.54) is 16.1 Å². The zero-order valence-electron chi connectivity index (χ0n) is 66.4. The van der Waals surface area contributed by atoms with Crippen LogP contribution in [0.1, 0.15) is 134 Å². The van der Waals surface area contributed by atoms with Crippen molar-refractivity contribution >= 4 is 83.5 Å². The van der Waals surface area contributed by atoms with Gasteiger partial charge in [-0.1, -0.05) is 231 Å². The lowest BCUT2D eigenvalue weighted by Gasteiger charge is -2.43. The van der Waals surface area contributed by atoms with Gasteiger partial charge in [0, 0.05) is 80.3 Å². The Kier molecular flexibility index (Phi) is 32.7. The van der Waals surface area contributed by atoms with Crippen LogP contribution >= 0.6 is 22.7 Å². The van der Waals surface area contributed by atoms with Crippen LogP contribution < -0.4 is 24.4 Å². The number of thiophene rings is 2. The minimum Gasteiger partial charge on any atom is -0.534 e. The summed E-state index contributed by atoms with van der Waals surface area (Å²) in [5, 5.41) is 77.6. The SMILES string of the molecule is C.CCCCN(CCCC)c1ccc(/C=C/c2ccc(/C=C/C3=C(C#N)C(=C(C#N)C#N)OC3(C)c3ccccc3)s2)c(O[Si](c2ccccc2)(c2ccccc2)C(C)(C)C)c1.CN(CO)Cc1ccc(/C=C/c2ccc(/C=C/C3=C(C#N)C(=C(C#N)C#N)OC3(C)c3ccccc3)s2)c(OCc2ccccc2)c1.CO.[3H]F.[3H]F. The Morgan fingerprint density at radius 3 is 1.30 bits per heavy atom. The van der Waals surface area contributed by atoms with Gasteiger partial charge < -0.3 is 33.7 Å². The number of unbranched alkanes of at least 4 members (excludes halogenated alkanes) is 2. The minimum atomic E-state index is -2.96. The van der Waals surface area contributed by atoms with Crippen molar-refractivity contribution in [3.05, 3.63) is 322 Å². The summed E-state index contributed by atoms with van der Waals surface area (Å²) in [5.74, 6) is 1.63. The molecule has 0 saturated carbocycles. The molecule has 19 heteroatoms. The number of rotatable bonds is 27. The Bertz CT molecular complexity index is 5140. The molecule has 0 fully saturated rings. The van der Waals surface area contributed by atoms with Gasteiger partial charge in [-0.25, -0.2) is 0 Å². The van der Waals surface area contributed by atoms with Crippen molar-refractivity contribution in [2.24, 2.45) is 0 Å². The molecule has 0 bridgehead atoms. The summed E-state index contributed by atoms with van der Waals surface area (Å²) in [6.07, 6.45) is 20.5. The number of hydrogen-bond donors (Lipinski definition) is 2. The number of halogens is 2. The summed E-state index contributed by atoms with van der Waals surface area (Å²) >= 11 is 3.20. The lowest BCUT2D eigenvalue weighted by Crippen LogP contribution is -2.68. The second-order valence-electron chi connectivity index (χ2n) is 27.5. The summed E-state index contributed by atoms with van der Waals surface area (Å²) in [7, 11) is -0.102. The van der Waals surface area contributed by atoms with Crippen LogP contribution in [-0.4, -0.2) is 60.3 Å². The second kappa shape index (κ2) is 42.8. The first kappa shape index (κ1) is 86.4. The minimum absolute atomic E-state index is 0. The van der Waals surface area contributed by atoms with Gasteiger partial charge in [-0.3, -0.25) is 14.3 Å². The summed E-state index contributed by atoms with van der Waals surface area (Å²) in [5.41, 5.74) is 5.71. The summed E-state index contributed by atoms with van der Waals surface area (Å²) < 4.78 is 52.6. The van der Waals surface area contributed by atoms with E-state index in [4.69, 9.17) is 33.2 Å². The quantitative estimate of drug-likeness (QED) is 0.0277. The van der Waals surface area contributed by atoms with Gasteiger partial charge in [0.1, 0.15) is 65.7 Å². The fraction of sp³-hybridized carbons (Fsp3) is 0.234. The average molecular weight is 1570 g/mol. The molecule has 9 aromatic rings. The molecule has 2 aliphatic rings. The molecular formula is C94H96F2N8O6S2Si. The maximum absolute atomic E-state index is 10.3. The number of nitrogens with zero attached hydrogens (tertiary/aromatic N) is 8. The lowest BCUT2D eigenvalue weighted by molar-refractivity contribution is 0.0753. The van der Waals surface area contributed by atoms with E-state index in [0.29, 0.717) is 24.3 Å². The monoisotopic (exact) mass is 1570 g/mol. The van der Waals surface area contributed by atoms with Crippen molar-refractivity contribution in [3.8, 4) is 47.9 Å². The number of anilines is 1. The van der Waals surface area contributed by atoms with Gasteiger partial charge >= 0.3 is 8.32 Å².